The van der Waals surface area contributed by atoms with Gasteiger partial charge in [0.05, 0.1) is 6.54 Å². The fourth-order valence-electron chi connectivity index (χ4n) is 2.91. The summed E-state index contributed by atoms with van der Waals surface area (Å²) < 4.78 is 4.95. The maximum Gasteiger partial charge on any atom is 0.251 e. The van der Waals surface area contributed by atoms with Crippen LogP contribution in [0.3, 0.4) is 0 Å². The fraction of sp³-hybridized carbons (Fsp3) is 0.217. The molecule has 0 atom stereocenters. The average molecular weight is 391 g/mol. The Morgan fingerprint density at radius 2 is 1.62 bits per heavy atom. The van der Waals surface area contributed by atoms with E-state index in [0.717, 1.165) is 22.9 Å². The summed E-state index contributed by atoms with van der Waals surface area (Å²) in [6, 6.07) is 20.9. The lowest BCUT2D eigenvalue weighted by Crippen LogP contribution is -2.25. The second-order valence-corrected chi connectivity index (χ2v) is 6.64. The minimum atomic E-state index is -0.157. The van der Waals surface area contributed by atoms with Crippen LogP contribution in [0.4, 0.5) is 11.4 Å². The highest BCUT2D eigenvalue weighted by atomic mass is 16.5. The van der Waals surface area contributed by atoms with Crippen molar-refractivity contribution in [2.24, 2.45) is 0 Å². The smallest absolute Gasteiger partial charge is 0.251 e. The second-order valence-electron chi connectivity index (χ2n) is 6.64. The first-order valence-electron chi connectivity index (χ1n) is 9.55. The Labute approximate surface area is 170 Å². The first-order chi connectivity index (χ1) is 14.2. The minimum absolute atomic E-state index is 0.142. The van der Waals surface area contributed by atoms with Crippen molar-refractivity contribution in [2.45, 2.75) is 6.42 Å². The van der Waals surface area contributed by atoms with E-state index in [1.54, 1.807) is 31.4 Å². The number of methoxy groups -OCH3 is 1. The molecule has 0 aliphatic carbocycles. The number of anilines is 2. The molecular formula is C23H25N3O3. The van der Waals surface area contributed by atoms with Crippen molar-refractivity contribution in [3.63, 3.8) is 0 Å². The summed E-state index contributed by atoms with van der Waals surface area (Å²) in [5.74, 6) is -0.299. The number of rotatable bonds is 9. The number of carbonyl (C=O) groups excluding carboxylic acids is 2. The molecule has 0 fully saturated rings. The Morgan fingerprint density at radius 1 is 0.897 bits per heavy atom. The third kappa shape index (κ3) is 6.05. The zero-order valence-electron chi connectivity index (χ0n) is 16.4. The van der Waals surface area contributed by atoms with Crippen molar-refractivity contribution in [3.8, 4) is 0 Å². The molecule has 0 saturated carbocycles. The summed E-state index contributed by atoms with van der Waals surface area (Å²) in [4.78, 5) is 24.3. The molecule has 3 N–H and O–H groups in total. The summed E-state index contributed by atoms with van der Waals surface area (Å²) in [6.07, 6.45) is 0.764. The first-order valence-corrected chi connectivity index (χ1v) is 9.55. The van der Waals surface area contributed by atoms with Crippen LogP contribution in [0.25, 0.3) is 10.8 Å². The van der Waals surface area contributed by atoms with Crippen LogP contribution in [0.1, 0.15) is 16.8 Å². The van der Waals surface area contributed by atoms with E-state index in [4.69, 9.17) is 4.74 Å². The molecule has 3 rings (SSSR count). The van der Waals surface area contributed by atoms with Crippen molar-refractivity contribution < 1.29 is 14.3 Å². The van der Waals surface area contributed by atoms with E-state index in [-0.39, 0.29) is 18.4 Å². The largest absolute Gasteiger partial charge is 0.385 e. The molecule has 3 aromatic rings. The van der Waals surface area contributed by atoms with Crippen LogP contribution in [0.15, 0.2) is 66.7 Å². The van der Waals surface area contributed by atoms with Crippen LogP contribution in [0.2, 0.25) is 0 Å². The molecule has 6 heteroatoms. The van der Waals surface area contributed by atoms with Crippen molar-refractivity contribution in [3.05, 3.63) is 72.3 Å². The van der Waals surface area contributed by atoms with E-state index in [2.05, 4.69) is 22.0 Å². The highest BCUT2D eigenvalue weighted by Crippen LogP contribution is 2.18. The summed E-state index contributed by atoms with van der Waals surface area (Å²) >= 11 is 0. The van der Waals surface area contributed by atoms with Gasteiger partial charge in [0.15, 0.2) is 0 Å². The maximum absolute atomic E-state index is 12.2. The van der Waals surface area contributed by atoms with Gasteiger partial charge in [-0.15, -0.1) is 0 Å². The Morgan fingerprint density at radius 3 is 2.38 bits per heavy atom. The molecule has 3 aromatic carbocycles. The molecule has 0 aliphatic heterocycles. The van der Waals surface area contributed by atoms with Gasteiger partial charge < -0.3 is 20.7 Å². The van der Waals surface area contributed by atoms with Crippen LogP contribution in [0.5, 0.6) is 0 Å². The van der Waals surface area contributed by atoms with Crippen molar-refractivity contribution in [2.75, 3.05) is 37.4 Å². The molecule has 0 unspecified atom stereocenters. The molecule has 0 heterocycles. The summed E-state index contributed by atoms with van der Waals surface area (Å²) in [6.45, 7) is 1.32. The average Bonchev–Trinajstić information content (AvgIpc) is 2.75. The Balaban J connectivity index is 1.47. The van der Waals surface area contributed by atoms with E-state index < -0.39 is 0 Å². The molecule has 6 nitrogen and oxygen atoms in total. The first kappa shape index (κ1) is 20.4. The fourth-order valence-corrected chi connectivity index (χ4v) is 2.91. The monoisotopic (exact) mass is 391 g/mol. The molecule has 0 saturated heterocycles. The van der Waals surface area contributed by atoms with E-state index in [1.807, 2.05) is 36.4 Å². The summed E-state index contributed by atoms with van der Waals surface area (Å²) in [7, 11) is 1.63. The van der Waals surface area contributed by atoms with Crippen molar-refractivity contribution in [1.82, 2.24) is 5.32 Å². The van der Waals surface area contributed by atoms with Gasteiger partial charge in [-0.3, -0.25) is 9.59 Å². The van der Waals surface area contributed by atoms with E-state index in [9.17, 15) is 9.59 Å². The van der Waals surface area contributed by atoms with Gasteiger partial charge in [0.25, 0.3) is 5.91 Å². The maximum atomic E-state index is 12.2. The van der Waals surface area contributed by atoms with Gasteiger partial charge in [0, 0.05) is 37.2 Å². The Kier molecular flexibility index (Phi) is 7.19. The molecule has 150 valence electrons. The zero-order valence-corrected chi connectivity index (χ0v) is 16.4. The van der Waals surface area contributed by atoms with Gasteiger partial charge in [-0.2, -0.15) is 0 Å². The lowest BCUT2D eigenvalue weighted by atomic mass is 10.1. The number of carbonyl (C=O) groups is 2. The van der Waals surface area contributed by atoms with Gasteiger partial charge in [-0.25, -0.2) is 0 Å². The lowest BCUT2D eigenvalue weighted by Gasteiger charge is -2.10. The minimum Gasteiger partial charge on any atom is -0.385 e. The zero-order chi connectivity index (χ0) is 20.5. The van der Waals surface area contributed by atoms with Gasteiger partial charge in [-0.1, -0.05) is 30.3 Å². The van der Waals surface area contributed by atoms with E-state index in [0.29, 0.717) is 24.4 Å². The Hall–Kier alpha value is -3.38. The Bertz CT molecular complexity index is 971. The van der Waals surface area contributed by atoms with Crippen molar-refractivity contribution >= 4 is 34.0 Å². The molecule has 0 radical (unpaired) electrons. The van der Waals surface area contributed by atoms with Crippen LogP contribution in [0, 0.1) is 0 Å². The SMILES string of the molecule is COCCCNC(=O)c1ccc(NC(=O)CNc2ccc3ccccc3c2)cc1. The lowest BCUT2D eigenvalue weighted by molar-refractivity contribution is -0.114. The highest BCUT2D eigenvalue weighted by Gasteiger charge is 2.07. The number of ether oxygens (including phenoxy) is 1. The topological polar surface area (TPSA) is 79.5 Å². The van der Waals surface area contributed by atoms with Crippen LogP contribution in [-0.4, -0.2) is 38.6 Å². The number of hydrogen-bond acceptors (Lipinski definition) is 4. The van der Waals surface area contributed by atoms with Crippen LogP contribution >= 0.6 is 0 Å². The number of nitrogens with one attached hydrogen (secondary N) is 3. The number of benzene rings is 3. The third-order valence-corrected chi connectivity index (χ3v) is 4.44. The van der Waals surface area contributed by atoms with E-state index in [1.165, 1.54) is 0 Å². The second kappa shape index (κ2) is 10.2. The predicted molar refractivity (Wildman–Crippen MR) is 116 cm³/mol. The van der Waals surface area contributed by atoms with Crippen LogP contribution in [-0.2, 0) is 9.53 Å². The van der Waals surface area contributed by atoms with Crippen LogP contribution < -0.4 is 16.0 Å². The number of fused-ring (bicyclic) bond motifs is 1. The molecule has 29 heavy (non-hydrogen) atoms. The quantitative estimate of drug-likeness (QED) is 0.487. The van der Waals surface area contributed by atoms with Gasteiger partial charge in [0.1, 0.15) is 0 Å². The van der Waals surface area contributed by atoms with Crippen molar-refractivity contribution in [1.29, 1.82) is 0 Å². The summed E-state index contributed by atoms with van der Waals surface area (Å²) in [5, 5.41) is 11.1. The summed E-state index contributed by atoms with van der Waals surface area (Å²) in [5.41, 5.74) is 2.08. The molecule has 0 bridgehead atoms. The standard InChI is InChI=1S/C23H25N3O3/c1-29-14-4-13-24-23(28)18-8-10-20(11-9-18)26-22(27)16-25-21-12-7-17-5-2-3-6-19(17)15-21/h2-3,5-12,15,25H,4,13-14,16H2,1H3,(H,24,28)(H,26,27). The highest BCUT2D eigenvalue weighted by molar-refractivity contribution is 5.97. The molecule has 0 aliphatic rings. The molecular weight excluding hydrogens is 366 g/mol. The number of amides is 2. The van der Waals surface area contributed by atoms with E-state index >= 15 is 0 Å². The molecule has 0 aromatic heterocycles. The molecule has 2 amide bonds. The van der Waals surface area contributed by atoms with Gasteiger partial charge in [-0.05, 0) is 53.6 Å². The third-order valence-electron chi connectivity index (χ3n) is 4.44. The van der Waals surface area contributed by atoms with Gasteiger partial charge >= 0.3 is 0 Å². The molecule has 0 spiro atoms. The van der Waals surface area contributed by atoms with Gasteiger partial charge in [0.2, 0.25) is 5.91 Å². The predicted octanol–water partition coefficient (Wildman–Crippen LogP) is 3.66. The normalized spacial score (nSPS) is 10.5. The number of hydrogen-bond donors (Lipinski definition) is 3.